The highest BCUT2D eigenvalue weighted by Gasteiger charge is 2.12. The fourth-order valence-corrected chi connectivity index (χ4v) is 2.65. The third kappa shape index (κ3) is 3.33. The van der Waals surface area contributed by atoms with E-state index in [0.29, 0.717) is 24.5 Å². The number of aryl methyl sites for hydroxylation is 1. The number of rotatable bonds is 6. The average molecular weight is 290 g/mol. The van der Waals surface area contributed by atoms with Crippen LogP contribution in [0.1, 0.15) is 23.4 Å². The second kappa shape index (κ2) is 6.47. The summed E-state index contributed by atoms with van der Waals surface area (Å²) >= 11 is 1.42. The SMILES string of the molecule is C=CCn1nc(C)c(CCC(=O)Nc2nccs2)c1C. The van der Waals surface area contributed by atoms with E-state index in [-0.39, 0.29) is 5.91 Å². The van der Waals surface area contributed by atoms with Gasteiger partial charge in [0.2, 0.25) is 5.91 Å². The van der Waals surface area contributed by atoms with Crippen LogP contribution >= 0.6 is 11.3 Å². The number of thiazole rings is 1. The molecule has 0 aliphatic heterocycles. The van der Waals surface area contributed by atoms with Crippen molar-refractivity contribution >= 4 is 22.4 Å². The quantitative estimate of drug-likeness (QED) is 0.832. The predicted octanol–water partition coefficient (Wildman–Crippen LogP) is 2.71. The van der Waals surface area contributed by atoms with Crippen molar-refractivity contribution in [3.63, 3.8) is 0 Å². The van der Waals surface area contributed by atoms with Crippen LogP contribution in [0.25, 0.3) is 0 Å². The summed E-state index contributed by atoms with van der Waals surface area (Å²) in [7, 11) is 0. The largest absolute Gasteiger partial charge is 0.302 e. The minimum atomic E-state index is -0.0183. The average Bonchev–Trinajstić information content (AvgIpc) is 2.99. The molecule has 1 amide bonds. The Labute approximate surface area is 122 Å². The Hall–Kier alpha value is -1.95. The summed E-state index contributed by atoms with van der Waals surface area (Å²) in [6.45, 7) is 8.41. The molecule has 106 valence electrons. The molecule has 0 bridgehead atoms. The molecule has 2 aromatic heterocycles. The monoisotopic (exact) mass is 290 g/mol. The van der Waals surface area contributed by atoms with Crippen LogP contribution in [-0.2, 0) is 17.8 Å². The molecule has 0 spiro atoms. The van der Waals surface area contributed by atoms with Crippen LogP contribution in [0.4, 0.5) is 5.13 Å². The maximum atomic E-state index is 11.9. The summed E-state index contributed by atoms with van der Waals surface area (Å²) in [5, 5.41) is 9.73. The number of nitrogens with one attached hydrogen (secondary N) is 1. The number of allylic oxidation sites excluding steroid dienone is 1. The van der Waals surface area contributed by atoms with Crippen molar-refractivity contribution in [3.05, 3.63) is 41.2 Å². The number of nitrogens with zero attached hydrogens (tertiary/aromatic N) is 3. The normalized spacial score (nSPS) is 10.5. The van der Waals surface area contributed by atoms with Gasteiger partial charge in [0.1, 0.15) is 0 Å². The maximum Gasteiger partial charge on any atom is 0.226 e. The molecule has 0 unspecified atom stereocenters. The first-order valence-electron chi connectivity index (χ1n) is 6.45. The van der Waals surface area contributed by atoms with Crippen molar-refractivity contribution in [2.45, 2.75) is 33.2 Å². The van der Waals surface area contributed by atoms with E-state index in [0.717, 1.165) is 17.0 Å². The molecule has 0 fully saturated rings. The Morgan fingerprint density at radius 1 is 1.55 bits per heavy atom. The van der Waals surface area contributed by atoms with Crippen molar-refractivity contribution < 1.29 is 4.79 Å². The molecule has 0 saturated carbocycles. The van der Waals surface area contributed by atoms with Crippen molar-refractivity contribution in [3.8, 4) is 0 Å². The zero-order valence-electron chi connectivity index (χ0n) is 11.7. The standard InChI is InChI=1S/C14H18N4OS/c1-4-8-18-11(3)12(10(2)17-18)5-6-13(19)16-14-15-7-9-20-14/h4,7,9H,1,5-6,8H2,2-3H3,(H,15,16,19). The first-order chi connectivity index (χ1) is 9.61. The number of hydrogen-bond donors (Lipinski definition) is 1. The summed E-state index contributed by atoms with van der Waals surface area (Å²) in [5.41, 5.74) is 3.22. The molecule has 2 heterocycles. The van der Waals surface area contributed by atoms with Gasteiger partial charge in [-0.15, -0.1) is 17.9 Å². The first-order valence-corrected chi connectivity index (χ1v) is 7.33. The highest BCUT2D eigenvalue weighted by atomic mass is 32.1. The Morgan fingerprint density at radius 2 is 2.35 bits per heavy atom. The molecule has 0 aliphatic rings. The molecule has 1 N–H and O–H groups in total. The van der Waals surface area contributed by atoms with E-state index in [1.807, 2.05) is 30.0 Å². The van der Waals surface area contributed by atoms with E-state index in [4.69, 9.17) is 0 Å². The van der Waals surface area contributed by atoms with Gasteiger partial charge < -0.3 is 5.32 Å². The molecule has 5 nitrogen and oxygen atoms in total. The van der Waals surface area contributed by atoms with Crippen LogP contribution in [0, 0.1) is 13.8 Å². The molecule has 2 aromatic rings. The van der Waals surface area contributed by atoms with Gasteiger partial charge in [-0.2, -0.15) is 5.10 Å². The van der Waals surface area contributed by atoms with Crippen molar-refractivity contribution in [1.82, 2.24) is 14.8 Å². The minimum absolute atomic E-state index is 0.0183. The lowest BCUT2D eigenvalue weighted by molar-refractivity contribution is -0.116. The fraction of sp³-hybridized carbons (Fsp3) is 0.357. The molecule has 6 heteroatoms. The highest BCUT2D eigenvalue weighted by Crippen LogP contribution is 2.16. The van der Waals surface area contributed by atoms with E-state index in [1.54, 1.807) is 6.20 Å². The number of aromatic nitrogens is 3. The number of carbonyl (C=O) groups is 1. The lowest BCUT2D eigenvalue weighted by Crippen LogP contribution is -2.12. The molecule has 0 saturated heterocycles. The molecular formula is C14H18N4OS. The van der Waals surface area contributed by atoms with Gasteiger partial charge in [0.05, 0.1) is 12.2 Å². The third-order valence-electron chi connectivity index (χ3n) is 3.11. The lowest BCUT2D eigenvalue weighted by atomic mass is 10.1. The lowest BCUT2D eigenvalue weighted by Gasteiger charge is -2.04. The van der Waals surface area contributed by atoms with Gasteiger partial charge >= 0.3 is 0 Å². The van der Waals surface area contributed by atoms with Crippen LogP contribution < -0.4 is 5.32 Å². The van der Waals surface area contributed by atoms with Crippen LogP contribution in [0.3, 0.4) is 0 Å². The van der Waals surface area contributed by atoms with Gasteiger partial charge in [-0.1, -0.05) is 6.08 Å². The summed E-state index contributed by atoms with van der Waals surface area (Å²) < 4.78 is 1.91. The minimum Gasteiger partial charge on any atom is -0.302 e. The second-order valence-corrected chi connectivity index (χ2v) is 5.40. The van der Waals surface area contributed by atoms with Crippen molar-refractivity contribution in [2.75, 3.05) is 5.32 Å². The maximum absolute atomic E-state index is 11.9. The van der Waals surface area contributed by atoms with Gasteiger partial charge in [-0.05, 0) is 25.8 Å². The molecule has 0 aliphatic carbocycles. The second-order valence-electron chi connectivity index (χ2n) is 4.51. The van der Waals surface area contributed by atoms with Crippen molar-refractivity contribution in [1.29, 1.82) is 0 Å². The van der Waals surface area contributed by atoms with Crippen LogP contribution in [0.15, 0.2) is 24.2 Å². The van der Waals surface area contributed by atoms with E-state index in [1.165, 1.54) is 11.3 Å². The Morgan fingerprint density at radius 3 is 3.00 bits per heavy atom. The van der Waals surface area contributed by atoms with Gasteiger partial charge in [0, 0.05) is 23.7 Å². The molecule has 0 aromatic carbocycles. The first kappa shape index (κ1) is 14.5. The molecule has 0 atom stereocenters. The van der Waals surface area contributed by atoms with E-state index in [2.05, 4.69) is 22.0 Å². The van der Waals surface area contributed by atoms with Crippen LogP contribution in [0.2, 0.25) is 0 Å². The van der Waals surface area contributed by atoms with Crippen molar-refractivity contribution in [2.24, 2.45) is 0 Å². The third-order valence-corrected chi connectivity index (χ3v) is 3.80. The zero-order chi connectivity index (χ0) is 14.5. The molecule has 2 rings (SSSR count). The van der Waals surface area contributed by atoms with E-state index >= 15 is 0 Å². The molecular weight excluding hydrogens is 272 g/mol. The summed E-state index contributed by atoms with van der Waals surface area (Å²) in [5.74, 6) is -0.0183. The Kier molecular flexibility index (Phi) is 4.68. The van der Waals surface area contributed by atoms with E-state index < -0.39 is 0 Å². The Bertz CT molecular complexity index is 601. The van der Waals surface area contributed by atoms with Crippen LogP contribution in [-0.4, -0.2) is 20.7 Å². The Balaban J connectivity index is 1.96. The van der Waals surface area contributed by atoms with Crippen LogP contribution in [0.5, 0.6) is 0 Å². The molecule has 0 radical (unpaired) electrons. The number of amides is 1. The van der Waals surface area contributed by atoms with E-state index in [9.17, 15) is 4.79 Å². The predicted molar refractivity (Wildman–Crippen MR) is 81.0 cm³/mol. The number of hydrogen-bond acceptors (Lipinski definition) is 4. The molecule has 20 heavy (non-hydrogen) atoms. The van der Waals surface area contributed by atoms with Gasteiger partial charge in [-0.25, -0.2) is 4.98 Å². The van der Waals surface area contributed by atoms with Gasteiger partial charge in [0.15, 0.2) is 5.13 Å². The topological polar surface area (TPSA) is 59.8 Å². The fourth-order valence-electron chi connectivity index (χ4n) is 2.10. The number of anilines is 1. The summed E-state index contributed by atoms with van der Waals surface area (Å²) in [4.78, 5) is 15.9. The zero-order valence-corrected chi connectivity index (χ0v) is 12.5. The van der Waals surface area contributed by atoms with Gasteiger partial charge in [0.25, 0.3) is 0 Å². The van der Waals surface area contributed by atoms with Gasteiger partial charge in [-0.3, -0.25) is 9.48 Å². The highest BCUT2D eigenvalue weighted by molar-refractivity contribution is 7.13. The summed E-state index contributed by atoms with van der Waals surface area (Å²) in [6.07, 6.45) is 4.61. The smallest absolute Gasteiger partial charge is 0.226 e. The number of carbonyl (C=O) groups excluding carboxylic acids is 1. The summed E-state index contributed by atoms with van der Waals surface area (Å²) in [6, 6.07) is 0.